The second-order valence-electron chi connectivity index (χ2n) is 7.96. The van der Waals surface area contributed by atoms with Gasteiger partial charge in [0.25, 0.3) is 0 Å². The molecule has 0 bridgehead atoms. The summed E-state index contributed by atoms with van der Waals surface area (Å²) in [5.41, 5.74) is 3.04. The molecule has 28 heavy (non-hydrogen) atoms. The molecule has 0 radical (unpaired) electrons. The smallest absolute Gasteiger partial charge is 0.229 e. The second-order valence-corrected chi connectivity index (χ2v) is 9.17. The fraction of sp³-hybridized carbons (Fsp3) is 0.333. The van der Waals surface area contributed by atoms with Gasteiger partial charge >= 0.3 is 0 Å². The molecule has 2 aromatic carbocycles. The van der Waals surface area contributed by atoms with Crippen molar-refractivity contribution in [2.75, 3.05) is 10.0 Å². The molecule has 1 aliphatic heterocycles. The maximum atomic E-state index is 12.7. The number of amides is 2. The van der Waals surface area contributed by atoms with Crippen LogP contribution in [0.5, 0.6) is 0 Å². The fourth-order valence-corrected chi connectivity index (χ4v) is 3.72. The van der Waals surface area contributed by atoms with Crippen LogP contribution < -0.4 is 10.0 Å². The summed E-state index contributed by atoms with van der Waals surface area (Å²) in [6, 6.07) is 12.7. The second kappa shape index (κ2) is 7.75. The van der Waals surface area contributed by atoms with Crippen LogP contribution in [0.15, 0.2) is 47.4 Å². The minimum Gasteiger partial charge on any atom is -0.334 e. The van der Waals surface area contributed by atoms with Gasteiger partial charge < -0.3 is 14.9 Å². The zero-order valence-electron chi connectivity index (χ0n) is 16.5. The average Bonchev–Trinajstić information content (AvgIpc) is 3.06. The van der Waals surface area contributed by atoms with E-state index in [4.69, 9.17) is 0 Å². The van der Waals surface area contributed by atoms with Crippen LogP contribution in [-0.2, 0) is 33.7 Å². The van der Waals surface area contributed by atoms with Crippen molar-refractivity contribution >= 4 is 34.2 Å². The molecule has 0 saturated carbocycles. The Bertz CT molecular complexity index is 933. The Hall–Kier alpha value is -2.67. The molecule has 6 nitrogen and oxygen atoms in total. The third-order valence-corrected chi connectivity index (χ3v) is 5.70. The van der Waals surface area contributed by atoms with Crippen LogP contribution in [0.2, 0.25) is 0 Å². The molecule has 7 heteroatoms. The summed E-state index contributed by atoms with van der Waals surface area (Å²) in [6.07, 6.45) is 0. The number of nitrogens with zero attached hydrogens (tertiary/aromatic N) is 1. The minimum absolute atomic E-state index is 0.0376. The number of fused-ring (bicyclic) bond motifs is 1. The van der Waals surface area contributed by atoms with Crippen molar-refractivity contribution in [3.8, 4) is 0 Å². The normalized spacial score (nSPS) is 14.4. The molecule has 0 saturated heterocycles. The number of rotatable bonds is 4. The SMILES string of the molecule is CC(=O)N1Cc2ccc(S(=O)Nc3ccc(NC(=O)C(C)(C)C)cc3)cc2C1. The van der Waals surface area contributed by atoms with Gasteiger partial charge in [-0.15, -0.1) is 0 Å². The Balaban J connectivity index is 1.65. The maximum absolute atomic E-state index is 12.7. The van der Waals surface area contributed by atoms with E-state index < -0.39 is 16.4 Å². The number of nitrogens with one attached hydrogen (secondary N) is 2. The highest BCUT2D eigenvalue weighted by Crippen LogP contribution is 2.26. The monoisotopic (exact) mass is 399 g/mol. The van der Waals surface area contributed by atoms with Gasteiger partial charge in [-0.2, -0.15) is 0 Å². The van der Waals surface area contributed by atoms with Gasteiger partial charge in [0.2, 0.25) is 11.8 Å². The molecule has 2 amide bonds. The molecule has 148 valence electrons. The Labute approximate surface area is 167 Å². The fourth-order valence-electron chi connectivity index (χ4n) is 2.82. The standard InChI is InChI=1S/C21H25N3O3S/c1-14(25)24-12-15-5-10-19(11-16(15)13-24)28(27)23-18-8-6-17(7-9-18)22-20(26)21(2,3)4/h5-11,23H,12-13H2,1-4H3,(H,22,26). The van der Waals surface area contributed by atoms with Crippen LogP contribution in [0.25, 0.3) is 0 Å². The van der Waals surface area contributed by atoms with Crippen molar-refractivity contribution in [2.45, 2.75) is 45.7 Å². The summed E-state index contributed by atoms with van der Waals surface area (Å²) in [7, 11) is -1.42. The molecular formula is C21H25N3O3S. The number of carbonyl (C=O) groups is 2. The number of hydrogen-bond donors (Lipinski definition) is 2. The molecule has 0 aromatic heterocycles. The van der Waals surface area contributed by atoms with Crippen LogP contribution in [-0.4, -0.2) is 20.9 Å². The van der Waals surface area contributed by atoms with E-state index in [9.17, 15) is 13.8 Å². The highest BCUT2D eigenvalue weighted by atomic mass is 32.2. The van der Waals surface area contributed by atoms with Gasteiger partial charge in [0.05, 0.1) is 4.90 Å². The van der Waals surface area contributed by atoms with Gasteiger partial charge in [0, 0.05) is 36.8 Å². The van der Waals surface area contributed by atoms with Gasteiger partial charge in [-0.25, -0.2) is 4.21 Å². The Morgan fingerprint density at radius 1 is 0.964 bits per heavy atom. The largest absolute Gasteiger partial charge is 0.334 e. The van der Waals surface area contributed by atoms with E-state index >= 15 is 0 Å². The number of carbonyl (C=O) groups excluding carboxylic acids is 2. The molecule has 1 unspecified atom stereocenters. The summed E-state index contributed by atoms with van der Waals surface area (Å²) in [5.74, 6) is -0.0230. The van der Waals surface area contributed by atoms with E-state index in [1.807, 2.05) is 39.0 Å². The minimum atomic E-state index is -1.42. The number of benzene rings is 2. The highest BCUT2D eigenvalue weighted by Gasteiger charge is 2.22. The third kappa shape index (κ3) is 4.59. The van der Waals surface area contributed by atoms with Gasteiger partial charge in [0.15, 0.2) is 0 Å². The average molecular weight is 400 g/mol. The molecule has 1 heterocycles. The van der Waals surface area contributed by atoms with E-state index in [1.165, 1.54) is 0 Å². The molecule has 3 rings (SSSR count). The van der Waals surface area contributed by atoms with Crippen LogP contribution >= 0.6 is 0 Å². The van der Waals surface area contributed by atoms with Gasteiger partial charge in [-0.05, 0) is 47.5 Å². The molecule has 2 N–H and O–H groups in total. The molecule has 1 aliphatic rings. The topological polar surface area (TPSA) is 78.5 Å². The first kappa shape index (κ1) is 20.1. The van der Waals surface area contributed by atoms with Crippen molar-refractivity contribution in [1.82, 2.24) is 4.90 Å². The lowest BCUT2D eigenvalue weighted by Crippen LogP contribution is -2.27. The van der Waals surface area contributed by atoms with Gasteiger partial charge in [-0.3, -0.25) is 9.59 Å². The van der Waals surface area contributed by atoms with Crippen LogP contribution in [0.4, 0.5) is 11.4 Å². The summed E-state index contributed by atoms with van der Waals surface area (Å²) >= 11 is 0. The van der Waals surface area contributed by atoms with E-state index in [0.29, 0.717) is 29.4 Å². The lowest BCUT2D eigenvalue weighted by molar-refractivity contribution is -0.129. The predicted molar refractivity (Wildman–Crippen MR) is 111 cm³/mol. The quantitative estimate of drug-likeness (QED) is 0.823. The maximum Gasteiger partial charge on any atom is 0.229 e. The van der Waals surface area contributed by atoms with Crippen LogP contribution in [0.3, 0.4) is 0 Å². The van der Waals surface area contributed by atoms with Gasteiger partial charge in [0.1, 0.15) is 11.0 Å². The summed E-state index contributed by atoms with van der Waals surface area (Å²) in [5, 5.41) is 2.86. The number of anilines is 2. The first-order valence-electron chi connectivity index (χ1n) is 9.11. The molecule has 0 spiro atoms. The zero-order valence-corrected chi connectivity index (χ0v) is 17.4. The zero-order chi connectivity index (χ0) is 20.5. The summed E-state index contributed by atoms with van der Waals surface area (Å²) < 4.78 is 15.6. The molecular weight excluding hydrogens is 374 g/mol. The Morgan fingerprint density at radius 2 is 1.57 bits per heavy atom. The highest BCUT2D eigenvalue weighted by molar-refractivity contribution is 7.86. The van der Waals surface area contributed by atoms with Crippen LogP contribution in [0.1, 0.15) is 38.8 Å². The van der Waals surface area contributed by atoms with Crippen LogP contribution in [0, 0.1) is 5.41 Å². The first-order chi connectivity index (χ1) is 13.1. The van der Waals surface area contributed by atoms with Crippen molar-refractivity contribution in [3.05, 3.63) is 53.6 Å². The van der Waals surface area contributed by atoms with Crippen molar-refractivity contribution in [2.24, 2.45) is 5.41 Å². The molecule has 1 atom stereocenters. The van der Waals surface area contributed by atoms with E-state index in [2.05, 4.69) is 10.0 Å². The first-order valence-corrected chi connectivity index (χ1v) is 10.3. The Morgan fingerprint density at radius 3 is 2.18 bits per heavy atom. The third-order valence-electron chi connectivity index (χ3n) is 4.59. The van der Waals surface area contributed by atoms with E-state index in [1.54, 1.807) is 36.1 Å². The van der Waals surface area contributed by atoms with Crippen molar-refractivity contribution in [3.63, 3.8) is 0 Å². The lowest BCUT2D eigenvalue weighted by Gasteiger charge is -2.17. The molecule has 2 aromatic rings. The summed E-state index contributed by atoms with van der Waals surface area (Å²) in [4.78, 5) is 26.0. The predicted octanol–water partition coefficient (Wildman–Crippen LogP) is 3.67. The lowest BCUT2D eigenvalue weighted by atomic mass is 9.95. The van der Waals surface area contributed by atoms with Crippen molar-refractivity contribution < 1.29 is 13.8 Å². The van der Waals surface area contributed by atoms with E-state index in [0.717, 1.165) is 11.1 Å². The summed E-state index contributed by atoms with van der Waals surface area (Å²) in [6.45, 7) is 8.28. The molecule has 0 fully saturated rings. The Kier molecular flexibility index (Phi) is 5.56. The van der Waals surface area contributed by atoms with Gasteiger partial charge in [-0.1, -0.05) is 26.8 Å². The van der Waals surface area contributed by atoms with Crippen molar-refractivity contribution in [1.29, 1.82) is 0 Å². The molecule has 0 aliphatic carbocycles. The number of hydrogen-bond acceptors (Lipinski definition) is 3. The van der Waals surface area contributed by atoms with E-state index in [-0.39, 0.29) is 11.8 Å².